The van der Waals surface area contributed by atoms with E-state index in [9.17, 15) is 8.42 Å². The van der Waals surface area contributed by atoms with Crippen LogP contribution in [-0.4, -0.2) is 27.4 Å². The fourth-order valence-corrected chi connectivity index (χ4v) is 2.50. The Kier molecular flexibility index (Phi) is 7.97. The van der Waals surface area contributed by atoms with Crippen LogP contribution in [0.15, 0.2) is 0 Å². The fourth-order valence-electron chi connectivity index (χ4n) is 1.42. The minimum Gasteiger partial charge on any atom is -0.381 e. The second-order valence-corrected chi connectivity index (χ2v) is 6.27. The Morgan fingerprint density at radius 2 is 1.88 bits per heavy atom. The lowest BCUT2D eigenvalue weighted by atomic mass is 9.99. The Hall–Kier alpha value is -0.130. The molecule has 1 atom stereocenters. The van der Waals surface area contributed by atoms with Gasteiger partial charge < -0.3 is 4.74 Å². The second kappa shape index (κ2) is 8.03. The average Bonchev–Trinajstić information content (AvgIpc) is 2.13. The number of unbranched alkanes of at least 4 members (excludes halogenated alkanes) is 2. The molecule has 16 heavy (non-hydrogen) atoms. The van der Waals surface area contributed by atoms with Gasteiger partial charge in [-0.2, -0.15) is 0 Å². The van der Waals surface area contributed by atoms with Crippen LogP contribution in [0.2, 0.25) is 0 Å². The van der Waals surface area contributed by atoms with Gasteiger partial charge in [-0.3, -0.25) is 0 Å². The monoisotopic (exact) mass is 251 g/mol. The highest BCUT2D eigenvalue weighted by Crippen LogP contribution is 2.13. The maximum atomic E-state index is 11.0. The van der Waals surface area contributed by atoms with Crippen molar-refractivity contribution in [1.29, 1.82) is 0 Å². The molecule has 0 aromatic heterocycles. The zero-order chi connectivity index (χ0) is 12.6. The highest BCUT2D eigenvalue weighted by atomic mass is 32.2. The molecule has 0 aromatic carbocycles. The third-order valence-corrected chi connectivity index (χ3v) is 3.51. The standard InChI is InChI=1S/C11H25NO3S/c1-4-5-6-7-15-8-11(10(2)3)9-16(12,13)14/h10-11H,4-9H2,1-3H3,(H2,12,13,14). The predicted octanol–water partition coefficient (Wildman–Crippen LogP) is 1.75. The Bertz CT molecular complexity index is 262. The molecule has 0 saturated carbocycles. The van der Waals surface area contributed by atoms with Gasteiger partial charge in [0.25, 0.3) is 0 Å². The van der Waals surface area contributed by atoms with Gasteiger partial charge in [0, 0.05) is 6.61 Å². The summed E-state index contributed by atoms with van der Waals surface area (Å²) in [5.41, 5.74) is 0. The molecule has 0 aromatic rings. The van der Waals surface area contributed by atoms with Gasteiger partial charge in [-0.1, -0.05) is 33.6 Å². The van der Waals surface area contributed by atoms with E-state index >= 15 is 0 Å². The van der Waals surface area contributed by atoms with Crippen LogP contribution in [0.3, 0.4) is 0 Å². The van der Waals surface area contributed by atoms with Crippen LogP contribution in [0, 0.1) is 11.8 Å². The van der Waals surface area contributed by atoms with Crippen molar-refractivity contribution in [2.24, 2.45) is 17.0 Å². The smallest absolute Gasteiger partial charge is 0.209 e. The van der Waals surface area contributed by atoms with Crippen LogP contribution >= 0.6 is 0 Å². The lowest BCUT2D eigenvalue weighted by Gasteiger charge is -2.19. The van der Waals surface area contributed by atoms with E-state index in [0.29, 0.717) is 13.2 Å². The van der Waals surface area contributed by atoms with E-state index in [-0.39, 0.29) is 17.6 Å². The number of hydrogen-bond donors (Lipinski definition) is 1. The van der Waals surface area contributed by atoms with E-state index in [0.717, 1.165) is 19.3 Å². The molecule has 0 amide bonds. The summed E-state index contributed by atoms with van der Waals surface area (Å²) in [6.45, 7) is 7.31. The summed E-state index contributed by atoms with van der Waals surface area (Å²) in [5.74, 6) is 0.277. The van der Waals surface area contributed by atoms with E-state index in [1.54, 1.807) is 0 Å². The zero-order valence-corrected chi connectivity index (χ0v) is 11.4. The van der Waals surface area contributed by atoms with Gasteiger partial charge in [0.2, 0.25) is 10.0 Å². The summed E-state index contributed by atoms with van der Waals surface area (Å²) in [5, 5.41) is 5.04. The molecule has 4 nitrogen and oxygen atoms in total. The maximum absolute atomic E-state index is 11.0. The van der Waals surface area contributed by atoms with E-state index in [4.69, 9.17) is 9.88 Å². The molecular weight excluding hydrogens is 226 g/mol. The highest BCUT2D eigenvalue weighted by Gasteiger charge is 2.19. The number of primary sulfonamides is 1. The van der Waals surface area contributed by atoms with Gasteiger partial charge in [-0.05, 0) is 18.3 Å². The molecule has 0 aliphatic rings. The summed E-state index contributed by atoms with van der Waals surface area (Å²) in [4.78, 5) is 0. The molecular formula is C11H25NO3S. The highest BCUT2D eigenvalue weighted by molar-refractivity contribution is 7.89. The molecule has 0 saturated heterocycles. The number of hydrogen-bond acceptors (Lipinski definition) is 3. The molecule has 0 fully saturated rings. The van der Waals surface area contributed by atoms with Crippen LogP contribution in [-0.2, 0) is 14.8 Å². The number of ether oxygens (including phenoxy) is 1. The summed E-state index contributed by atoms with van der Waals surface area (Å²) < 4.78 is 27.5. The summed E-state index contributed by atoms with van der Waals surface area (Å²) >= 11 is 0. The largest absolute Gasteiger partial charge is 0.381 e. The summed E-state index contributed by atoms with van der Waals surface area (Å²) in [7, 11) is -3.40. The van der Waals surface area contributed by atoms with E-state index in [1.165, 1.54) is 0 Å². The van der Waals surface area contributed by atoms with Crippen LogP contribution in [0.25, 0.3) is 0 Å². The Labute approximate surface area is 99.6 Å². The van der Waals surface area contributed by atoms with Gasteiger partial charge in [0.15, 0.2) is 0 Å². The molecule has 1 unspecified atom stereocenters. The van der Waals surface area contributed by atoms with Crippen LogP contribution < -0.4 is 5.14 Å². The minimum atomic E-state index is -3.40. The Balaban J connectivity index is 3.87. The van der Waals surface area contributed by atoms with Crippen molar-refractivity contribution in [1.82, 2.24) is 0 Å². The topological polar surface area (TPSA) is 69.4 Å². The second-order valence-electron chi connectivity index (χ2n) is 4.62. The number of rotatable bonds is 9. The quantitative estimate of drug-likeness (QED) is 0.635. The zero-order valence-electron chi connectivity index (χ0n) is 10.6. The fraction of sp³-hybridized carbons (Fsp3) is 1.00. The number of sulfonamides is 1. The number of nitrogens with two attached hydrogens (primary N) is 1. The van der Waals surface area contributed by atoms with Gasteiger partial charge >= 0.3 is 0 Å². The van der Waals surface area contributed by atoms with Crippen molar-refractivity contribution in [2.45, 2.75) is 40.0 Å². The molecule has 98 valence electrons. The van der Waals surface area contributed by atoms with Crippen LogP contribution in [0.5, 0.6) is 0 Å². The first-order valence-corrected chi connectivity index (χ1v) is 7.66. The van der Waals surface area contributed by atoms with Crippen LogP contribution in [0.1, 0.15) is 40.0 Å². The van der Waals surface area contributed by atoms with Gasteiger partial charge in [-0.15, -0.1) is 0 Å². The van der Waals surface area contributed by atoms with Crippen LogP contribution in [0.4, 0.5) is 0 Å². The third kappa shape index (κ3) is 9.12. The van der Waals surface area contributed by atoms with Crippen molar-refractivity contribution < 1.29 is 13.2 Å². The molecule has 0 aliphatic carbocycles. The first kappa shape index (κ1) is 15.9. The molecule has 0 aliphatic heterocycles. The first-order chi connectivity index (χ1) is 7.37. The first-order valence-electron chi connectivity index (χ1n) is 5.95. The van der Waals surface area contributed by atoms with E-state index in [1.807, 2.05) is 13.8 Å². The summed E-state index contributed by atoms with van der Waals surface area (Å²) in [6.07, 6.45) is 3.35. The Morgan fingerprint density at radius 1 is 1.25 bits per heavy atom. The molecule has 0 radical (unpaired) electrons. The van der Waals surface area contributed by atoms with Crippen molar-refractivity contribution in [2.75, 3.05) is 19.0 Å². The lowest BCUT2D eigenvalue weighted by molar-refractivity contribution is 0.0880. The van der Waals surface area contributed by atoms with Crippen molar-refractivity contribution in [3.8, 4) is 0 Å². The Morgan fingerprint density at radius 3 is 2.31 bits per heavy atom. The third-order valence-electron chi connectivity index (χ3n) is 2.61. The molecule has 0 bridgehead atoms. The SMILES string of the molecule is CCCCCOCC(CS(N)(=O)=O)C(C)C. The average molecular weight is 251 g/mol. The molecule has 0 heterocycles. The van der Waals surface area contributed by atoms with Gasteiger partial charge in [0.05, 0.1) is 12.4 Å². The minimum absolute atomic E-state index is 0.00312. The van der Waals surface area contributed by atoms with Gasteiger partial charge in [-0.25, -0.2) is 13.6 Å². The molecule has 0 spiro atoms. The molecule has 5 heteroatoms. The molecule has 2 N–H and O–H groups in total. The maximum Gasteiger partial charge on any atom is 0.209 e. The van der Waals surface area contributed by atoms with Gasteiger partial charge in [0.1, 0.15) is 0 Å². The van der Waals surface area contributed by atoms with Crippen molar-refractivity contribution in [3.63, 3.8) is 0 Å². The van der Waals surface area contributed by atoms with Crippen molar-refractivity contribution >= 4 is 10.0 Å². The summed E-state index contributed by atoms with van der Waals surface area (Å²) in [6, 6.07) is 0. The van der Waals surface area contributed by atoms with Crippen molar-refractivity contribution in [3.05, 3.63) is 0 Å². The molecule has 0 rings (SSSR count). The van der Waals surface area contributed by atoms with E-state index in [2.05, 4.69) is 6.92 Å². The normalized spacial score (nSPS) is 14.3. The lowest BCUT2D eigenvalue weighted by Crippen LogP contribution is -2.29. The van der Waals surface area contributed by atoms with E-state index < -0.39 is 10.0 Å². The predicted molar refractivity (Wildman–Crippen MR) is 66.6 cm³/mol.